The number of thiophene rings is 1. The van der Waals surface area contributed by atoms with E-state index in [0.29, 0.717) is 16.0 Å². The third kappa shape index (κ3) is 4.55. The number of urea groups is 1. The van der Waals surface area contributed by atoms with Gasteiger partial charge in [0.2, 0.25) is 0 Å². The molecule has 0 unspecified atom stereocenters. The summed E-state index contributed by atoms with van der Waals surface area (Å²) in [6.07, 6.45) is -0.242. The van der Waals surface area contributed by atoms with Crippen molar-refractivity contribution in [2.24, 2.45) is 0 Å². The number of carbonyl (C=O) groups is 5. The van der Waals surface area contributed by atoms with Crippen molar-refractivity contribution in [3.05, 3.63) is 69.1 Å². The lowest BCUT2D eigenvalue weighted by Crippen LogP contribution is -2.47. The second kappa shape index (κ2) is 9.87. The third-order valence-corrected chi connectivity index (χ3v) is 6.21. The van der Waals surface area contributed by atoms with Gasteiger partial charge in [-0.2, -0.15) is 0 Å². The summed E-state index contributed by atoms with van der Waals surface area (Å²) in [4.78, 5) is 63.8. The van der Waals surface area contributed by atoms with E-state index in [9.17, 15) is 24.0 Å². The van der Waals surface area contributed by atoms with E-state index >= 15 is 0 Å². The fourth-order valence-electron chi connectivity index (χ4n) is 3.72. The number of esters is 2. The summed E-state index contributed by atoms with van der Waals surface area (Å²) in [5, 5.41) is 7.01. The Morgan fingerprint density at radius 3 is 2.35 bits per heavy atom. The molecule has 1 atom stereocenters. The van der Waals surface area contributed by atoms with Crippen LogP contribution in [0.3, 0.4) is 0 Å². The summed E-state index contributed by atoms with van der Waals surface area (Å²) in [5.41, 5.74) is 0.830. The summed E-state index contributed by atoms with van der Waals surface area (Å²) in [7, 11) is 0. The van der Waals surface area contributed by atoms with Crippen molar-refractivity contribution in [2.45, 2.75) is 19.4 Å². The molecule has 4 amide bonds. The summed E-state index contributed by atoms with van der Waals surface area (Å²) in [6.45, 7) is 1.25. The number of nitrogens with one attached hydrogen (secondary N) is 2. The van der Waals surface area contributed by atoms with Gasteiger partial charge in [-0.3, -0.25) is 19.3 Å². The number of nitrogens with zero attached hydrogens (tertiary/aromatic N) is 1. The first-order chi connectivity index (χ1) is 16.4. The second-order valence-electron chi connectivity index (χ2n) is 7.38. The molecule has 2 N–H and O–H groups in total. The normalized spacial score (nSPS) is 17.3. The summed E-state index contributed by atoms with van der Waals surface area (Å²) >= 11 is 1.35. The maximum absolute atomic E-state index is 12.7. The van der Waals surface area contributed by atoms with Gasteiger partial charge < -0.3 is 20.1 Å². The topological polar surface area (TPSA) is 131 Å². The van der Waals surface area contributed by atoms with Crippen molar-refractivity contribution >= 4 is 41.1 Å². The third-order valence-electron chi connectivity index (χ3n) is 5.27. The van der Waals surface area contributed by atoms with E-state index in [4.69, 9.17) is 9.47 Å². The van der Waals surface area contributed by atoms with E-state index in [1.807, 2.05) is 5.38 Å². The van der Waals surface area contributed by atoms with Crippen LogP contribution in [-0.2, 0) is 19.1 Å². The molecule has 176 valence electrons. The van der Waals surface area contributed by atoms with E-state index in [2.05, 4.69) is 10.6 Å². The first kappa shape index (κ1) is 23.2. The van der Waals surface area contributed by atoms with Crippen LogP contribution in [0.25, 0.3) is 0 Å². The fourth-order valence-corrected chi connectivity index (χ4v) is 4.51. The van der Waals surface area contributed by atoms with Crippen LogP contribution in [0.1, 0.15) is 45.0 Å². The highest BCUT2D eigenvalue weighted by Gasteiger charge is 2.36. The Labute approximate surface area is 198 Å². The second-order valence-corrected chi connectivity index (χ2v) is 8.36. The maximum atomic E-state index is 12.7. The molecule has 0 saturated heterocycles. The number of fused-ring (bicyclic) bond motifs is 1. The Bertz CT molecular complexity index is 1150. The molecule has 10 nitrogen and oxygen atoms in total. The Morgan fingerprint density at radius 2 is 1.74 bits per heavy atom. The largest absolute Gasteiger partial charge is 0.463 e. The van der Waals surface area contributed by atoms with Crippen molar-refractivity contribution < 1.29 is 33.4 Å². The van der Waals surface area contributed by atoms with Crippen LogP contribution < -0.4 is 10.6 Å². The van der Waals surface area contributed by atoms with E-state index in [1.54, 1.807) is 43.3 Å². The van der Waals surface area contributed by atoms with E-state index < -0.39 is 35.8 Å². The molecular weight excluding hydrogens is 462 g/mol. The summed E-state index contributed by atoms with van der Waals surface area (Å²) < 4.78 is 10.4. The van der Waals surface area contributed by atoms with Gasteiger partial charge in [-0.15, -0.1) is 11.3 Å². The van der Waals surface area contributed by atoms with Crippen molar-refractivity contribution in [3.63, 3.8) is 0 Å². The lowest BCUT2D eigenvalue weighted by Gasteiger charge is -2.28. The van der Waals surface area contributed by atoms with Crippen LogP contribution in [0.4, 0.5) is 4.79 Å². The van der Waals surface area contributed by atoms with Crippen LogP contribution in [-0.4, -0.2) is 54.4 Å². The first-order valence-electron chi connectivity index (χ1n) is 10.5. The van der Waals surface area contributed by atoms with Gasteiger partial charge in [-0.25, -0.2) is 9.59 Å². The first-order valence-corrected chi connectivity index (χ1v) is 11.4. The van der Waals surface area contributed by atoms with Crippen molar-refractivity contribution in [3.8, 4) is 0 Å². The lowest BCUT2D eigenvalue weighted by atomic mass is 10.0. The molecule has 2 aromatic rings. The molecule has 2 aliphatic rings. The highest BCUT2D eigenvalue weighted by molar-refractivity contribution is 7.10. The van der Waals surface area contributed by atoms with Crippen LogP contribution >= 0.6 is 11.3 Å². The number of carbonyl (C=O) groups excluding carboxylic acids is 5. The number of imide groups is 1. The molecule has 0 fully saturated rings. The predicted molar refractivity (Wildman–Crippen MR) is 120 cm³/mol. The standard InChI is InChI=1S/C23H21N3O7S/c1-2-32-22(30)18-15(24-23(31)25-19(18)16-8-5-11-34-16)12-33-17(27)9-10-26-20(28)13-6-3-4-7-14(13)21(26)29/h3-8,11,19H,2,9-10,12H2,1H3,(H2,24,25,31)/t19-/m1/s1. The number of ether oxygens (including phenoxy) is 2. The van der Waals surface area contributed by atoms with Gasteiger partial charge in [0.25, 0.3) is 11.8 Å². The van der Waals surface area contributed by atoms with E-state index in [1.165, 1.54) is 11.3 Å². The molecule has 0 radical (unpaired) electrons. The Hall–Kier alpha value is -3.99. The van der Waals surface area contributed by atoms with E-state index in [0.717, 1.165) is 4.90 Å². The number of amides is 4. The van der Waals surface area contributed by atoms with Gasteiger partial charge in [0, 0.05) is 11.4 Å². The average Bonchev–Trinajstić information content (AvgIpc) is 3.44. The SMILES string of the molecule is CCOC(=O)C1=C(COC(=O)CCN2C(=O)c3ccccc3C2=O)NC(=O)N[C@@H]1c1cccs1. The molecule has 1 aromatic heterocycles. The molecule has 0 spiro atoms. The predicted octanol–water partition coefficient (Wildman–Crippen LogP) is 2.15. The highest BCUT2D eigenvalue weighted by atomic mass is 32.1. The fraction of sp³-hybridized carbons (Fsp3) is 0.261. The molecule has 3 heterocycles. The molecular formula is C23H21N3O7S. The highest BCUT2D eigenvalue weighted by Crippen LogP contribution is 2.31. The molecule has 11 heteroatoms. The Morgan fingerprint density at radius 1 is 1.03 bits per heavy atom. The average molecular weight is 484 g/mol. The quantitative estimate of drug-likeness (QED) is 0.434. The van der Waals surface area contributed by atoms with Crippen LogP contribution in [0, 0.1) is 0 Å². The maximum Gasteiger partial charge on any atom is 0.338 e. The zero-order chi connectivity index (χ0) is 24.2. The van der Waals surface area contributed by atoms with Crippen LogP contribution in [0.5, 0.6) is 0 Å². The van der Waals surface area contributed by atoms with Crippen molar-refractivity contribution in [1.82, 2.24) is 15.5 Å². The van der Waals surface area contributed by atoms with Gasteiger partial charge in [0.1, 0.15) is 6.61 Å². The van der Waals surface area contributed by atoms with Crippen molar-refractivity contribution in [2.75, 3.05) is 19.8 Å². The summed E-state index contributed by atoms with van der Waals surface area (Å²) in [6, 6.07) is 8.69. The van der Waals surface area contributed by atoms with Crippen LogP contribution in [0.2, 0.25) is 0 Å². The number of hydrogen-bond donors (Lipinski definition) is 2. The lowest BCUT2D eigenvalue weighted by molar-refractivity contribution is -0.143. The van der Waals surface area contributed by atoms with Gasteiger partial charge in [-0.1, -0.05) is 18.2 Å². The number of rotatable bonds is 8. The van der Waals surface area contributed by atoms with Crippen LogP contribution in [0.15, 0.2) is 53.0 Å². The smallest absolute Gasteiger partial charge is 0.338 e. The van der Waals surface area contributed by atoms with Crippen molar-refractivity contribution in [1.29, 1.82) is 0 Å². The molecule has 34 heavy (non-hydrogen) atoms. The molecule has 1 aromatic carbocycles. The van der Waals surface area contributed by atoms with Gasteiger partial charge >= 0.3 is 18.0 Å². The number of hydrogen-bond acceptors (Lipinski definition) is 8. The molecule has 4 rings (SSSR count). The van der Waals surface area contributed by atoms with E-state index in [-0.39, 0.29) is 37.4 Å². The minimum Gasteiger partial charge on any atom is -0.463 e. The Balaban J connectivity index is 1.44. The minimum atomic E-state index is -0.750. The van der Waals surface area contributed by atoms with Gasteiger partial charge in [-0.05, 0) is 30.5 Å². The Kier molecular flexibility index (Phi) is 6.73. The number of benzene rings is 1. The zero-order valence-electron chi connectivity index (χ0n) is 18.2. The zero-order valence-corrected chi connectivity index (χ0v) is 19.0. The summed E-state index contributed by atoms with van der Waals surface area (Å²) in [5.74, 6) is -2.28. The molecule has 2 aliphatic heterocycles. The van der Waals surface area contributed by atoms with Gasteiger partial charge in [0.05, 0.1) is 41.5 Å². The monoisotopic (exact) mass is 483 g/mol. The van der Waals surface area contributed by atoms with Gasteiger partial charge in [0.15, 0.2) is 0 Å². The molecule has 0 aliphatic carbocycles. The minimum absolute atomic E-state index is 0.106. The molecule has 0 bridgehead atoms. The molecule has 0 saturated carbocycles.